The van der Waals surface area contributed by atoms with Gasteiger partial charge in [0.25, 0.3) is 0 Å². The number of ether oxygens (including phenoxy) is 1. The van der Waals surface area contributed by atoms with Gasteiger partial charge >= 0.3 is 0 Å². The van der Waals surface area contributed by atoms with Crippen molar-refractivity contribution >= 4 is 5.82 Å². The highest BCUT2D eigenvalue weighted by atomic mass is 16.5. The Kier molecular flexibility index (Phi) is 5.14. The molecule has 0 radical (unpaired) electrons. The zero-order valence-corrected chi connectivity index (χ0v) is 10.4. The summed E-state index contributed by atoms with van der Waals surface area (Å²) in [7, 11) is 5.73. The Labute approximate surface area is 96.8 Å². The predicted octanol–water partition coefficient (Wildman–Crippen LogP) is 0.905. The first-order valence-corrected chi connectivity index (χ1v) is 5.34. The van der Waals surface area contributed by atoms with Gasteiger partial charge in [-0.2, -0.15) is 0 Å². The molecule has 0 bridgehead atoms. The highest BCUT2D eigenvalue weighted by molar-refractivity contribution is 5.35. The fourth-order valence-electron chi connectivity index (χ4n) is 1.32. The molecule has 5 nitrogen and oxygen atoms in total. The van der Waals surface area contributed by atoms with Gasteiger partial charge in [0.2, 0.25) is 0 Å². The predicted molar refractivity (Wildman–Crippen MR) is 64.5 cm³/mol. The van der Waals surface area contributed by atoms with Gasteiger partial charge in [0.05, 0.1) is 0 Å². The van der Waals surface area contributed by atoms with Crippen molar-refractivity contribution in [3.63, 3.8) is 0 Å². The first-order chi connectivity index (χ1) is 7.61. The average molecular weight is 224 g/mol. The summed E-state index contributed by atoms with van der Waals surface area (Å²) >= 11 is 0. The molecular formula is C11H20N4O. The Morgan fingerprint density at radius 1 is 1.38 bits per heavy atom. The van der Waals surface area contributed by atoms with Crippen LogP contribution in [0.1, 0.15) is 11.5 Å². The lowest BCUT2D eigenvalue weighted by Gasteiger charge is -2.11. The van der Waals surface area contributed by atoms with Crippen LogP contribution in [-0.2, 0) is 11.3 Å². The maximum atomic E-state index is 5.02. The van der Waals surface area contributed by atoms with Gasteiger partial charge in [0.1, 0.15) is 12.4 Å². The number of likely N-dealkylation sites (N-methyl/N-ethyl adjacent to an activating group) is 1. The average Bonchev–Trinajstić information content (AvgIpc) is 2.16. The smallest absolute Gasteiger partial charge is 0.156 e. The third kappa shape index (κ3) is 4.55. The van der Waals surface area contributed by atoms with Crippen molar-refractivity contribution in [3.05, 3.63) is 17.6 Å². The molecule has 0 amide bonds. The molecule has 0 aliphatic heterocycles. The van der Waals surface area contributed by atoms with Crippen molar-refractivity contribution in [3.8, 4) is 0 Å². The van der Waals surface area contributed by atoms with Gasteiger partial charge in [-0.1, -0.05) is 0 Å². The molecule has 0 aliphatic rings. The number of nitrogens with zero attached hydrogens (tertiary/aromatic N) is 3. The SMILES string of the molecule is COCc1nc(C)cc(NCCN(C)C)n1. The van der Waals surface area contributed by atoms with Crippen molar-refractivity contribution in [2.24, 2.45) is 0 Å². The third-order valence-electron chi connectivity index (χ3n) is 2.04. The molecular weight excluding hydrogens is 204 g/mol. The molecule has 0 saturated heterocycles. The molecule has 1 aromatic rings. The fraction of sp³-hybridized carbons (Fsp3) is 0.636. The van der Waals surface area contributed by atoms with Crippen molar-refractivity contribution in [2.45, 2.75) is 13.5 Å². The Morgan fingerprint density at radius 2 is 2.12 bits per heavy atom. The third-order valence-corrected chi connectivity index (χ3v) is 2.04. The number of aryl methyl sites for hydroxylation is 1. The van der Waals surface area contributed by atoms with Crippen molar-refractivity contribution < 1.29 is 4.74 Å². The Hall–Kier alpha value is -1.20. The molecule has 1 rings (SSSR count). The molecule has 0 saturated carbocycles. The molecule has 5 heteroatoms. The minimum atomic E-state index is 0.448. The normalized spacial score (nSPS) is 10.8. The monoisotopic (exact) mass is 224 g/mol. The number of hydrogen-bond donors (Lipinski definition) is 1. The molecule has 0 aliphatic carbocycles. The van der Waals surface area contributed by atoms with E-state index >= 15 is 0 Å². The maximum Gasteiger partial charge on any atom is 0.156 e. The van der Waals surface area contributed by atoms with Gasteiger partial charge in [0.15, 0.2) is 5.82 Å². The van der Waals surface area contributed by atoms with Crippen LogP contribution in [0.2, 0.25) is 0 Å². The number of aromatic nitrogens is 2. The lowest BCUT2D eigenvalue weighted by Crippen LogP contribution is -2.21. The van der Waals surface area contributed by atoms with E-state index in [0.717, 1.165) is 30.4 Å². The zero-order valence-electron chi connectivity index (χ0n) is 10.4. The number of nitrogens with one attached hydrogen (secondary N) is 1. The van der Waals surface area contributed by atoms with Crippen LogP contribution in [0.5, 0.6) is 0 Å². The van der Waals surface area contributed by atoms with Gasteiger partial charge in [-0.3, -0.25) is 0 Å². The summed E-state index contributed by atoms with van der Waals surface area (Å²) in [6.07, 6.45) is 0. The summed E-state index contributed by atoms with van der Waals surface area (Å²) in [6.45, 7) is 4.25. The lowest BCUT2D eigenvalue weighted by atomic mass is 10.4. The number of rotatable bonds is 6. The van der Waals surface area contributed by atoms with Crippen LogP contribution < -0.4 is 5.32 Å². The van der Waals surface area contributed by atoms with Crippen LogP contribution >= 0.6 is 0 Å². The van der Waals surface area contributed by atoms with Crippen LogP contribution in [0.3, 0.4) is 0 Å². The van der Waals surface area contributed by atoms with Crippen LogP contribution in [0.15, 0.2) is 6.07 Å². The molecule has 0 spiro atoms. The standard InChI is InChI=1S/C11H20N4O/c1-9-7-10(12-5-6-15(2)3)14-11(13-9)8-16-4/h7H,5-6,8H2,1-4H3,(H,12,13,14). The van der Waals surface area contributed by atoms with Gasteiger partial charge in [-0.25, -0.2) is 9.97 Å². The lowest BCUT2D eigenvalue weighted by molar-refractivity contribution is 0.177. The second-order valence-electron chi connectivity index (χ2n) is 3.97. The van der Waals surface area contributed by atoms with Gasteiger partial charge in [0, 0.05) is 32.0 Å². The molecule has 90 valence electrons. The van der Waals surface area contributed by atoms with E-state index in [0.29, 0.717) is 6.61 Å². The topological polar surface area (TPSA) is 50.3 Å². The van der Waals surface area contributed by atoms with E-state index in [-0.39, 0.29) is 0 Å². The first kappa shape index (κ1) is 12.9. The van der Waals surface area contributed by atoms with Crippen LogP contribution in [-0.4, -0.2) is 49.2 Å². The van der Waals surface area contributed by atoms with E-state index in [1.54, 1.807) is 7.11 Å². The zero-order chi connectivity index (χ0) is 12.0. The number of methoxy groups -OCH3 is 1. The molecule has 16 heavy (non-hydrogen) atoms. The second-order valence-corrected chi connectivity index (χ2v) is 3.97. The van der Waals surface area contributed by atoms with Gasteiger partial charge in [-0.15, -0.1) is 0 Å². The van der Waals surface area contributed by atoms with Crippen molar-refractivity contribution in [2.75, 3.05) is 39.6 Å². The van der Waals surface area contributed by atoms with Crippen molar-refractivity contribution in [1.29, 1.82) is 0 Å². The maximum absolute atomic E-state index is 5.02. The highest BCUT2D eigenvalue weighted by Gasteiger charge is 2.01. The molecule has 0 fully saturated rings. The summed E-state index contributed by atoms with van der Waals surface area (Å²) in [5.41, 5.74) is 0.953. The first-order valence-electron chi connectivity index (χ1n) is 5.34. The molecule has 0 aromatic carbocycles. The molecule has 1 heterocycles. The molecule has 1 N–H and O–H groups in total. The molecule has 0 atom stereocenters. The minimum absolute atomic E-state index is 0.448. The van der Waals surface area contributed by atoms with E-state index in [9.17, 15) is 0 Å². The van der Waals surface area contributed by atoms with E-state index in [1.165, 1.54) is 0 Å². The number of anilines is 1. The summed E-state index contributed by atoms with van der Waals surface area (Å²) in [4.78, 5) is 10.8. The fourth-order valence-corrected chi connectivity index (χ4v) is 1.32. The highest BCUT2D eigenvalue weighted by Crippen LogP contribution is 2.06. The van der Waals surface area contributed by atoms with E-state index < -0.39 is 0 Å². The Balaban J connectivity index is 2.58. The van der Waals surface area contributed by atoms with E-state index in [4.69, 9.17) is 4.74 Å². The summed E-state index contributed by atoms with van der Waals surface area (Å²) in [5, 5.41) is 3.27. The molecule has 0 unspecified atom stereocenters. The van der Waals surface area contributed by atoms with Crippen LogP contribution in [0.25, 0.3) is 0 Å². The van der Waals surface area contributed by atoms with Crippen LogP contribution in [0, 0.1) is 6.92 Å². The molecule has 1 aromatic heterocycles. The summed E-state index contributed by atoms with van der Waals surface area (Å²) in [5.74, 6) is 1.58. The van der Waals surface area contributed by atoms with Crippen molar-refractivity contribution in [1.82, 2.24) is 14.9 Å². The van der Waals surface area contributed by atoms with E-state index in [2.05, 4.69) is 20.2 Å². The van der Waals surface area contributed by atoms with Crippen LogP contribution in [0.4, 0.5) is 5.82 Å². The van der Waals surface area contributed by atoms with E-state index in [1.807, 2.05) is 27.1 Å². The summed E-state index contributed by atoms with van der Waals surface area (Å²) in [6, 6.07) is 1.94. The summed E-state index contributed by atoms with van der Waals surface area (Å²) < 4.78 is 5.02. The Morgan fingerprint density at radius 3 is 2.75 bits per heavy atom. The number of hydrogen-bond acceptors (Lipinski definition) is 5. The largest absolute Gasteiger partial charge is 0.377 e. The minimum Gasteiger partial charge on any atom is -0.377 e. The van der Waals surface area contributed by atoms with Gasteiger partial charge < -0.3 is 15.0 Å². The quantitative estimate of drug-likeness (QED) is 0.778. The Bertz CT molecular complexity index is 328. The van der Waals surface area contributed by atoms with Gasteiger partial charge in [-0.05, 0) is 21.0 Å². The second kappa shape index (κ2) is 6.40.